The predicted molar refractivity (Wildman–Crippen MR) is 81.1 cm³/mol. The average molecular weight is 287 g/mol. The van der Waals surface area contributed by atoms with Gasteiger partial charge in [-0.05, 0) is 31.4 Å². The first-order valence-electron chi connectivity index (χ1n) is 7.57. The van der Waals surface area contributed by atoms with Gasteiger partial charge < -0.3 is 14.8 Å². The summed E-state index contributed by atoms with van der Waals surface area (Å²) >= 11 is 0. The van der Waals surface area contributed by atoms with Crippen LogP contribution in [-0.4, -0.2) is 23.2 Å². The zero-order valence-corrected chi connectivity index (χ0v) is 12.3. The van der Waals surface area contributed by atoms with Crippen molar-refractivity contribution in [2.75, 3.05) is 0 Å². The van der Waals surface area contributed by atoms with Gasteiger partial charge in [-0.3, -0.25) is 4.79 Å². The van der Waals surface area contributed by atoms with E-state index in [1.807, 2.05) is 25.1 Å². The molecule has 2 atom stereocenters. The van der Waals surface area contributed by atoms with E-state index in [4.69, 9.17) is 4.42 Å². The van der Waals surface area contributed by atoms with Crippen LogP contribution in [0, 0.1) is 6.92 Å². The van der Waals surface area contributed by atoms with E-state index in [1.54, 1.807) is 6.26 Å². The smallest absolute Gasteiger partial charge is 0.224 e. The number of amides is 1. The van der Waals surface area contributed by atoms with Crippen LogP contribution < -0.4 is 5.32 Å². The molecule has 0 aliphatic heterocycles. The van der Waals surface area contributed by atoms with Crippen molar-refractivity contribution in [1.82, 2.24) is 5.32 Å². The molecule has 1 aliphatic carbocycles. The molecule has 1 saturated carbocycles. The largest absolute Gasteiger partial charge is 0.464 e. The summed E-state index contributed by atoms with van der Waals surface area (Å²) in [6.45, 7) is 2.01. The molecule has 2 N–H and O–H groups in total. The van der Waals surface area contributed by atoms with Gasteiger partial charge in [0.15, 0.2) is 0 Å². The molecule has 3 rings (SSSR count). The number of hydrogen-bond donors (Lipinski definition) is 2. The van der Waals surface area contributed by atoms with Crippen LogP contribution in [0.1, 0.15) is 36.8 Å². The van der Waals surface area contributed by atoms with Crippen LogP contribution >= 0.6 is 0 Å². The third kappa shape index (κ3) is 3.10. The number of aliphatic hydroxyl groups excluding tert-OH is 1. The van der Waals surface area contributed by atoms with Crippen LogP contribution in [0.4, 0.5) is 0 Å². The van der Waals surface area contributed by atoms with Crippen LogP contribution in [0.5, 0.6) is 0 Å². The number of carbonyl (C=O) groups is 1. The summed E-state index contributed by atoms with van der Waals surface area (Å²) in [7, 11) is 0. The Morgan fingerprint density at radius 1 is 1.38 bits per heavy atom. The molecule has 1 heterocycles. The molecule has 1 fully saturated rings. The number of aliphatic hydroxyl groups is 1. The maximum atomic E-state index is 12.2. The number of furan rings is 1. The molecule has 1 amide bonds. The molecule has 4 heteroatoms. The van der Waals surface area contributed by atoms with E-state index in [2.05, 4.69) is 5.32 Å². The van der Waals surface area contributed by atoms with E-state index in [0.717, 1.165) is 47.8 Å². The second-order valence-electron chi connectivity index (χ2n) is 5.96. The second kappa shape index (κ2) is 5.90. The number of aryl methyl sites for hydroxylation is 1. The lowest BCUT2D eigenvalue weighted by Gasteiger charge is -2.28. The van der Waals surface area contributed by atoms with E-state index in [-0.39, 0.29) is 11.9 Å². The number of hydrogen-bond acceptors (Lipinski definition) is 3. The van der Waals surface area contributed by atoms with Gasteiger partial charge in [0.1, 0.15) is 5.58 Å². The SMILES string of the molecule is Cc1ccc2c(CC(=O)N[C@@H]3CCCC[C@H]3O)coc2c1. The molecule has 1 aromatic carbocycles. The van der Waals surface area contributed by atoms with Crippen molar-refractivity contribution in [2.24, 2.45) is 0 Å². The monoisotopic (exact) mass is 287 g/mol. The van der Waals surface area contributed by atoms with Crippen molar-refractivity contribution in [2.45, 2.75) is 51.2 Å². The Balaban J connectivity index is 1.68. The predicted octanol–water partition coefficient (Wildman–Crippen LogP) is 2.70. The molecule has 4 nitrogen and oxygen atoms in total. The van der Waals surface area contributed by atoms with Crippen LogP contribution in [0.15, 0.2) is 28.9 Å². The summed E-state index contributed by atoms with van der Waals surface area (Å²) in [5, 5.41) is 13.9. The van der Waals surface area contributed by atoms with Gasteiger partial charge in [0.05, 0.1) is 24.8 Å². The molecule has 0 bridgehead atoms. The van der Waals surface area contributed by atoms with Crippen LogP contribution in [0.2, 0.25) is 0 Å². The number of fused-ring (bicyclic) bond motifs is 1. The molecule has 0 spiro atoms. The summed E-state index contributed by atoms with van der Waals surface area (Å²) in [5.74, 6) is -0.0516. The van der Waals surface area contributed by atoms with Crippen molar-refractivity contribution >= 4 is 16.9 Å². The summed E-state index contributed by atoms with van der Waals surface area (Å²) in [5.41, 5.74) is 2.85. The lowest BCUT2D eigenvalue weighted by Crippen LogP contribution is -2.45. The number of rotatable bonds is 3. The highest BCUT2D eigenvalue weighted by Crippen LogP contribution is 2.23. The highest BCUT2D eigenvalue weighted by molar-refractivity contribution is 5.88. The first-order valence-corrected chi connectivity index (χ1v) is 7.57. The quantitative estimate of drug-likeness (QED) is 0.912. The number of benzene rings is 1. The van der Waals surface area contributed by atoms with Crippen LogP contribution in [0.3, 0.4) is 0 Å². The third-order valence-electron chi connectivity index (χ3n) is 4.24. The first-order chi connectivity index (χ1) is 10.1. The summed E-state index contributed by atoms with van der Waals surface area (Å²) in [6, 6.07) is 5.88. The Hall–Kier alpha value is -1.81. The van der Waals surface area contributed by atoms with E-state index in [9.17, 15) is 9.90 Å². The number of carbonyl (C=O) groups excluding carboxylic acids is 1. The zero-order chi connectivity index (χ0) is 14.8. The Morgan fingerprint density at radius 3 is 3.00 bits per heavy atom. The minimum Gasteiger partial charge on any atom is -0.464 e. The number of nitrogens with one attached hydrogen (secondary N) is 1. The van der Waals surface area contributed by atoms with Crippen molar-refractivity contribution in [3.8, 4) is 0 Å². The van der Waals surface area contributed by atoms with Gasteiger partial charge in [-0.15, -0.1) is 0 Å². The van der Waals surface area contributed by atoms with Gasteiger partial charge in [-0.1, -0.05) is 25.0 Å². The minimum atomic E-state index is -0.411. The summed E-state index contributed by atoms with van der Waals surface area (Å²) in [6.07, 6.45) is 5.28. The van der Waals surface area contributed by atoms with E-state index >= 15 is 0 Å². The lowest BCUT2D eigenvalue weighted by molar-refractivity contribution is -0.122. The standard InChI is InChI=1S/C17H21NO3/c1-11-6-7-13-12(10-21-16(13)8-11)9-17(20)18-14-4-2-3-5-15(14)19/h6-8,10,14-15,19H,2-5,9H2,1H3,(H,18,20)/t14-,15-/m1/s1. The van der Waals surface area contributed by atoms with Gasteiger partial charge in [0.2, 0.25) is 5.91 Å². The molecule has 21 heavy (non-hydrogen) atoms. The van der Waals surface area contributed by atoms with E-state index in [0.29, 0.717) is 6.42 Å². The van der Waals surface area contributed by atoms with E-state index in [1.165, 1.54) is 0 Å². The molecule has 112 valence electrons. The van der Waals surface area contributed by atoms with Crippen molar-refractivity contribution in [3.63, 3.8) is 0 Å². The molecule has 1 aliphatic rings. The Bertz CT molecular complexity index is 647. The fraction of sp³-hybridized carbons (Fsp3) is 0.471. The lowest BCUT2D eigenvalue weighted by atomic mass is 9.92. The minimum absolute atomic E-state index is 0.0516. The summed E-state index contributed by atoms with van der Waals surface area (Å²) in [4.78, 5) is 12.2. The highest BCUT2D eigenvalue weighted by atomic mass is 16.3. The van der Waals surface area contributed by atoms with Gasteiger partial charge in [0.25, 0.3) is 0 Å². The zero-order valence-electron chi connectivity index (χ0n) is 12.3. The molecule has 0 saturated heterocycles. The van der Waals surface area contributed by atoms with Crippen LogP contribution in [0.25, 0.3) is 11.0 Å². The van der Waals surface area contributed by atoms with Crippen molar-refractivity contribution in [1.29, 1.82) is 0 Å². The molecule has 2 aromatic rings. The van der Waals surface area contributed by atoms with Crippen molar-refractivity contribution < 1.29 is 14.3 Å². The van der Waals surface area contributed by atoms with Crippen molar-refractivity contribution in [3.05, 3.63) is 35.6 Å². The normalized spacial score (nSPS) is 22.4. The van der Waals surface area contributed by atoms with Gasteiger partial charge >= 0.3 is 0 Å². The maximum absolute atomic E-state index is 12.2. The molecular weight excluding hydrogens is 266 g/mol. The summed E-state index contributed by atoms with van der Waals surface area (Å²) < 4.78 is 5.51. The molecule has 0 radical (unpaired) electrons. The Kier molecular flexibility index (Phi) is 3.97. The van der Waals surface area contributed by atoms with Gasteiger partial charge in [-0.2, -0.15) is 0 Å². The first kappa shape index (κ1) is 14.1. The third-order valence-corrected chi connectivity index (χ3v) is 4.24. The van der Waals surface area contributed by atoms with Crippen LogP contribution in [-0.2, 0) is 11.2 Å². The second-order valence-corrected chi connectivity index (χ2v) is 5.96. The maximum Gasteiger partial charge on any atom is 0.224 e. The molecular formula is C17H21NO3. The molecule has 0 unspecified atom stereocenters. The Morgan fingerprint density at radius 2 is 2.19 bits per heavy atom. The Labute approximate surface area is 124 Å². The fourth-order valence-electron chi connectivity index (χ4n) is 3.04. The average Bonchev–Trinajstić information content (AvgIpc) is 2.83. The van der Waals surface area contributed by atoms with E-state index < -0.39 is 6.10 Å². The topological polar surface area (TPSA) is 62.5 Å². The highest BCUT2D eigenvalue weighted by Gasteiger charge is 2.24. The molecule has 1 aromatic heterocycles. The van der Waals surface area contributed by atoms with Gasteiger partial charge in [-0.25, -0.2) is 0 Å². The fourth-order valence-corrected chi connectivity index (χ4v) is 3.04. The van der Waals surface area contributed by atoms with Gasteiger partial charge in [0, 0.05) is 10.9 Å².